The summed E-state index contributed by atoms with van der Waals surface area (Å²) in [5.41, 5.74) is 0.938. The smallest absolute Gasteiger partial charge is 0.212 e. The number of sulfonamides is 1. The van der Waals surface area contributed by atoms with E-state index in [1.807, 2.05) is 12.1 Å². The van der Waals surface area contributed by atoms with E-state index in [0.717, 1.165) is 12.0 Å². The Labute approximate surface area is 94.7 Å². The lowest BCUT2D eigenvalue weighted by Crippen LogP contribution is -2.25. The molecule has 1 heterocycles. The quantitative estimate of drug-likeness (QED) is 0.798. The van der Waals surface area contributed by atoms with Gasteiger partial charge in [-0.3, -0.25) is 0 Å². The number of hydrogen-bond donors (Lipinski definition) is 0. The molecule has 0 atom stereocenters. The number of halogens is 1. The van der Waals surface area contributed by atoms with Gasteiger partial charge in [0.15, 0.2) is 0 Å². The van der Waals surface area contributed by atoms with Gasteiger partial charge in [0.1, 0.15) is 0 Å². The molecular formula is C10H12ClNO2S. The highest BCUT2D eigenvalue weighted by Gasteiger charge is 2.27. The fourth-order valence-electron chi connectivity index (χ4n) is 1.71. The van der Waals surface area contributed by atoms with Crippen LogP contribution in [0.1, 0.15) is 12.0 Å². The molecular weight excluding hydrogens is 234 g/mol. The largest absolute Gasteiger partial charge is 0.214 e. The van der Waals surface area contributed by atoms with Gasteiger partial charge in [-0.05, 0) is 24.1 Å². The van der Waals surface area contributed by atoms with Crippen LogP contribution < -0.4 is 0 Å². The zero-order valence-electron chi connectivity index (χ0n) is 8.19. The Morgan fingerprint density at radius 1 is 1.40 bits per heavy atom. The molecule has 1 saturated heterocycles. The minimum atomic E-state index is -3.01. The highest BCUT2D eigenvalue weighted by atomic mass is 35.5. The maximum absolute atomic E-state index is 11.5. The maximum atomic E-state index is 11.5. The van der Waals surface area contributed by atoms with E-state index in [0.29, 0.717) is 18.1 Å². The van der Waals surface area contributed by atoms with Crippen molar-refractivity contribution in [2.24, 2.45) is 0 Å². The molecule has 1 aliphatic rings. The minimum Gasteiger partial charge on any atom is -0.212 e. The summed E-state index contributed by atoms with van der Waals surface area (Å²) in [7, 11) is -3.01. The lowest BCUT2D eigenvalue weighted by molar-refractivity contribution is 0.440. The molecule has 0 spiro atoms. The van der Waals surface area contributed by atoms with Gasteiger partial charge < -0.3 is 0 Å². The molecule has 0 bridgehead atoms. The standard InChI is InChI=1S/C10H12ClNO2S/c11-10-4-1-3-9(7-10)8-12-5-2-6-15(12,13)14/h1,3-4,7H,2,5-6,8H2. The second-order valence-electron chi connectivity index (χ2n) is 3.63. The van der Waals surface area contributed by atoms with Crippen LogP contribution in [0, 0.1) is 0 Å². The maximum Gasteiger partial charge on any atom is 0.214 e. The first-order valence-electron chi connectivity index (χ1n) is 4.80. The lowest BCUT2D eigenvalue weighted by Gasteiger charge is -2.14. The van der Waals surface area contributed by atoms with Gasteiger partial charge in [-0.1, -0.05) is 23.7 Å². The second kappa shape index (κ2) is 4.12. The van der Waals surface area contributed by atoms with Crippen molar-refractivity contribution < 1.29 is 8.42 Å². The molecule has 1 aliphatic heterocycles. The van der Waals surface area contributed by atoms with Crippen molar-refractivity contribution >= 4 is 21.6 Å². The van der Waals surface area contributed by atoms with E-state index in [-0.39, 0.29) is 5.75 Å². The molecule has 2 rings (SSSR count). The Kier molecular flexibility index (Phi) is 3.00. The van der Waals surface area contributed by atoms with Crippen molar-refractivity contribution in [3.8, 4) is 0 Å². The fraction of sp³-hybridized carbons (Fsp3) is 0.400. The topological polar surface area (TPSA) is 37.4 Å². The Morgan fingerprint density at radius 3 is 2.80 bits per heavy atom. The highest BCUT2D eigenvalue weighted by molar-refractivity contribution is 7.89. The van der Waals surface area contributed by atoms with Crippen LogP contribution in [0.3, 0.4) is 0 Å². The molecule has 5 heteroatoms. The number of hydrogen-bond acceptors (Lipinski definition) is 2. The Balaban J connectivity index is 2.16. The van der Waals surface area contributed by atoms with Gasteiger partial charge in [0.05, 0.1) is 5.75 Å². The summed E-state index contributed by atoms with van der Waals surface area (Å²) in [6.07, 6.45) is 0.725. The molecule has 3 nitrogen and oxygen atoms in total. The molecule has 0 amide bonds. The third-order valence-corrected chi connectivity index (χ3v) is 4.59. The van der Waals surface area contributed by atoms with E-state index < -0.39 is 10.0 Å². The first-order valence-corrected chi connectivity index (χ1v) is 6.79. The zero-order chi connectivity index (χ0) is 10.9. The van der Waals surface area contributed by atoms with Gasteiger partial charge in [-0.2, -0.15) is 4.31 Å². The summed E-state index contributed by atoms with van der Waals surface area (Å²) < 4.78 is 24.6. The Bertz CT molecular complexity index is 458. The predicted octanol–water partition coefficient (Wildman–Crippen LogP) is 1.88. The average Bonchev–Trinajstić information content (AvgIpc) is 2.46. The van der Waals surface area contributed by atoms with Crippen molar-refractivity contribution in [2.45, 2.75) is 13.0 Å². The van der Waals surface area contributed by atoms with E-state index >= 15 is 0 Å². The fourth-order valence-corrected chi connectivity index (χ4v) is 3.43. The van der Waals surface area contributed by atoms with E-state index in [1.165, 1.54) is 4.31 Å². The summed E-state index contributed by atoms with van der Waals surface area (Å²) >= 11 is 5.83. The van der Waals surface area contributed by atoms with E-state index in [9.17, 15) is 8.42 Å². The summed E-state index contributed by atoms with van der Waals surface area (Å²) in [4.78, 5) is 0. The Morgan fingerprint density at radius 2 is 2.20 bits per heavy atom. The van der Waals surface area contributed by atoms with Gasteiger partial charge >= 0.3 is 0 Å². The lowest BCUT2D eigenvalue weighted by atomic mass is 10.2. The van der Waals surface area contributed by atoms with Gasteiger partial charge in [-0.15, -0.1) is 0 Å². The van der Waals surface area contributed by atoms with Crippen molar-refractivity contribution in [1.82, 2.24) is 4.31 Å². The van der Waals surface area contributed by atoms with Crippen LogP contribution >= 0.6 is 11.6 Å². The monoisotopic (exact) mass is 245 g/mol. The molecule has 15 heavy (non-hydrogen) atoms. The molecule has 82 valence electrons. The third kappa shape index (κ3) is 2.51. The van der Waals surface area contributed by atoms with Gasteiger partial charge in [0.2, 0.25) is 10.0 Å². The van der Waals surface area contributed by atoms with Crippen LogP contribution in [0.2, 0.25) is 5.02 Å². The number of rotatable bonds is 2. The van der Waals surface area contributed by atoms with Gasteiger partial charge in [0, 0.05) is 18.1 Å². The average molecular weight is 246 g/mol. The number of nitrogens with zero attached hydrogens (tertiary/aromatic N) is 1. The predicted molar refractivity (Wildman–Crippen MR) is 60.3 cm³/mol. The van der Waals surface area contributed by atoms with Crippen LogP contribution in [0.4, 0.5) is 0 Å². The normalized spacial score (nSPS) is 20.6. The molecule has 0 aromatic heterocycles. The van der Waals surface area contributed by atoms with Crippen LogP contribution in [0.25, 0.3) is 0 Å². The molecule has 1 aromatic carbocycles. The van der Waals surface area contributed by atoms with Crippen LogP contribution in [0.15, 0.2) is 24.3 Å². The van der Waals surface area contributed by atoms with E-state index in [4.69, 9.17) is 11.6 Å². The van der Waals surface area contributed by atoms with Crippen molar-refractivity contribution in [1.29, 1.82) is 0 Å². The van der Waals surface area contributed by atoms with E-state index in [2.05, 4.69) is 0 Å². The van der Waals surface area contributed by atoms with Crippen LogP contribution in [0.5, 0.6) is 0 Å². The van der Waals surface area contributed by atoms with Crippen molar-refractivity contribution in [2.75, 3.05) is 12.3 Å². The molecule has 0 radical (unpaired) electrons. The van der Waals surface area contributed by atoms with Crippen molar-refractivity contribution in [3.05, 3.63) is 34.9 Å². The second-order valence-corrected chi connectivity index (χ2v) is 6.16. The summed E-state index contributed by atoms with van der Waals surface area (Å²) in [6.45, 7) is 1.05. The summed E-state index contributed by atoms with van der Waals surface area (Å²) in [5.74, 6) is 0.271. The van der Waals surface area contributed by atoms with E-state index in [1.54, 1.807) is 12.1 Å². The zero-order valence-corrected chi connectivity index (χ0v) is 9.76. The molecule has 0 saturated carbocycles. The number of benzene rings is 1. The summed E-state index contributed by atoms with van der Waals surface area (Å²) in [6, 6.07) is 7.30. The molecule has 0 N–H and O–H groups in total. The third-order valence-electron chi connectivity index (χ3n) is 2.45. The first kappa shape index (κ1) is 10.9. The molecule has 0 aliphatic carbocycles. The minimum absolute atomic E-state index is 0.271. The van der Waals surface area contributed by atoms with Crippen LogP contribution in [-0.2, 0) is 16.6 Å². The Hall–Kier alpha value is -0.580. The highest BCUT2D eigenvalue weighted by Crippen LogP contribution is 2.19. The van der Waals surface area contributed by atoms with Crippen LogP contribution in [-0.4, -0.2) is 25.0 Å². The summed E-state index contributed by atoms with van der Waals surface area (Å²) in [5, 5.41) is 0.643. The molecule has 1 fully saturated rings. The van der Waals surface area contributed by atoms with Gasteiger partial charge in [0.25, 0.3) is 0 Å². The van der Waals surface area contributed by atoms with Crippen molar-refractivity contribution in [3.63, 3.8) is 0 Å². The molecule has 1 aromatic rings. The van der Waals surface area contributed by atoms with Gasteiger partial charge in [-0.25, -0.2) is 8.42 Å². The SMILES string of the molecule is O=S1(=O)CCCN1Cc1cccc(Cl)c1. The first-order chi connectivity index (χ1) is 7.08. The molecule has 0 unspecified atom stereocenters.